The van der Waals surface area contributed by atoms with E-state index in [1.54, 1.807) is 31.4 Å². The molecule has 0 aliphatic rings. The lowest BCUT2D eigenvalue weighted by Gasteiger charge is -2.21. The highest BCUT2D eigenvalue weighted by Gasteiger charge is 2.20. The van der Waals surface area contributed by atoms with Crippen LogP contribution in [-0.4, -0.2) is 42.6 Å². The number of amidine groups is 1. The van der Waals surface area contributed by atoms with Crippen LogP contribution in [0.1, 0.15) is 12.0 Å². The van der Waals surface area contributed by atoms with Crippen LogP contribution in [0, 0.1) is 11.2 Å². The Morgan fingerprint density at radius 3 is 2.38 bits per heavy atom. The van der Waals surface area contributed by atoms with Gasteiger partial charge in [-0.3, -0.25) is 10.2 Å². The van der Waals surface area contributed by atoms with Crippen LogP contribution in [-0.2, 0) is 11.2 Å². The molecule has 2 aromatic rings. The maximum atomic E-state index is 13.0. The molecule has 0 aliphatic carbocycles. The summed E-state index contributed by atoms with van der Waals surface area (Å²) in [5.74, 6) is -0.508. The summed E-state index contributed by atoms with van der Waals surface area (Å²) in [4.78, 5) is 24.0. The molecule has 5 N–H and O–H groups in total. The number of carbonyl (C=O) groups is 2. The maximum Gasteiger partial charge on any atom is 0.319 e. The van der Waals surface area contributed by atoms with Gasteiger partial charge < -0.3 is 25.8 Å². The summed E-state index contributed by atoms with van der Waals surface area (Å²) in [6.07, 6.45) is 0.0818. The van der Waals surface area contributed by atoms with Crippen molar-refractivity contribution in [3.05, 3.63) is 59.9 Å². The molecule has 1 atom stereocenters. The lowest BCUT2D eigenvalue weighted by Crippen LogP contribution is -2.50. The Labute approximate surface area is 167 Å². The second-order valence-corrected chi connectivity index (χ2v) is 6.15. The molecule has 2 aromatic carbocycles. The van der Waals surface area contributed by atoms with E-state index in [1.165, 1.54) is 24.3 Å². The molecular weight excluding hydrogens is 379 g/mol. The van der Waals surface area contributed by atoms with Gasteiger partial charge in [0.2, 0.25) is 5.91 Å². The van der Waals surface area contributed by atoms with Gasteiger partial charge in [0.15, 0.2) is 0 Å². The number of hydrogen-bond donors (Lipinski definition) is 5. The first-order chi connectivity index (χ1) is 13.9. The zero-order chi connectivity index (χ0) is 21.2. The third-order valence-corrected chi connectivity index (χ3v) is 3.97. The molecule has 0 radical (unpaired) electrons. The Morgan fingerprint density at radius 1 is 1.14 bits per heavy atom. The Kier molecular flexibility index (Phi) is 8.11. The van der Waals surface area contributed by atoms with E-state index in [1.807, 2.05) is 0 Å². The number of aliphatic hydroxyl groups is 1. The fraction of sp³-hybridized carbons (Fsp3) is 0.250. The average Bonchev–Trinajstić information content (AvgIpc) is 2.70. The molecule has 9 heteroatoms. The van der Waals surface area contributed by atoms with Gasteiger partial charge in [-0.05, 0) is 48.4 Å². The van der Waals surface area contributed by atoms with Crippen molar-refractivity contribution in [3.8, 4) is 5.75 Å². The molecule has 0 aromatic heterocycles. The van der Waals surface area contributed by atoms with Crippen LogP contribution < -0.4 is 20.7 Å². The van der Waals surface area contributed by atoms with E-state index in [0.717, 1.165) is 5.56 Å². The molecule has 154 valence electrons. The Hall–Kier alpha value is -3.46. The Balaban J connectivity index is 2.09. The van der Waals surface area contributed by atoms with Crippen LogP contribution >= 0.6 is 0 Å². The van der Waals surface area contributed by atoms with E-state index in [0.29, 0.717) is 11.4 Å². The zero-order valence-electron chi connectivity index (χ0n) is 15.9. The largest absolute Gasteiger partial charge is 0.497 e. The van der Waals surface area contributed by atoms with Gasteiger partial charge in [0.1, 0.15) is 17.4 Å². The van der Waals surface area contributed by atoms with Crippen molar-refractivity contribution < 1.29 is 23.8 Å². The minimum atomic E-state index is -0.841. The number of aliphatic hydroxyl groups excluding tert-OH is 1. The second-order valence-electron chi connectivity index (χ2n) is 6.15. The topological polar surface area (TPSA) is 124 Å². The van der Waals surface area contributed by atoms with Crippen molar-refractivity contribution in [1.82, 2.24) is 10.6 Å². The number of halogens is 1. The normalized spacial score (nSPS) is 11.3. The lowest BCUT2D eigenvalue weighted by atomic mass is 10.0. The molecule has 0 saturated carbocycles. The van der Waals surface area contributed by atoms with E-state index >= 15 is 0 Å². The minimum Gasteiger partial charge on any atom is -0.497 e. The van der Waals surface area contributed by atoms with Crippen molar-refractivity contribution in [2.24, 2.45) is 0 Å². The number of nitrogens with one attached hydrogen (secondary N) is 4. The lowest BCUT2D eigenvalue weighted by molar-refractivity contribution is -0.120. The van der Waals surface area contributed by atoms with Crippen LogP contribution in [0.5, 0.6) is 5.75 Å². The standard InChI is InChI=1S/C20H23FN4O4/c1-29-16-8-2-13(3-9-16)12-17(19(22)25-18(27)10-11-26)24-20(28)23-15-6-4-14(21)5-7-15/h2-9,17,26H,10-12H2,1H3,(H2,22,25,27)(H2,23,24,28). The van der Waals surface area contributed by atoms with Crippen LogP contribution in [0.15, 0.2) is 48.5 Å². The predicted molar refractivity (Wildman–Crippen MR) is 107 cm³/mol. The molecule has 3 amide bonds. The number of amides is 3. The van der Waals surface area contributed by atoms with Crippen LogP contribution in [0.4, 0.5) is 14.9 Å². The van der Waals surface area contributed by atoms with E-state index in [2.05, 4.69) is 16.0 Å². The molecule has 0 fully saturated rings. The summed E-state index contributed by atoms with van der Waals surface area (Å²) in [6.45, 7) is -0.346. The number of rotatable bonds is 8. The van der Waals surface area contributed by atoms with Gasteiger partial charge in [-0.1, -0.05) is 12.1 Å². The maximum absolute atomic E-state index is 13.0. The summed E-state index contributed by atoms with van der Waals surface area (Å²) in [5.41, 5.74) is 1.18. The van der Waals surface area contributed by atoms with Gasteiger partial charge in [0.05, 0.1) is 26.2 Å². The molecule has 0 bridgehead atoms. The fourth-order valence-corrected chi connectivity index (χ4v) is 2.48. The molecule has 1 unspecified atom stereocenters. The first-order valence-electron chi connectivity index (χ1n) is 8.86. The molecule has 0 heterocycles. The number of anilines is 1. The van der Waals surface area contributed by atoms with Gasteiger partial charge >= 0.3 is 6.03 Å². The Morgan fingerprint density at radius 2 is 1.79 bits per heavy atom. The van der Waals surface area contributed by atoms with Crippen LogP contribution in [0.25, 0.3) is 0 Å². The molecule has 29 heavy (non-hydrogen) atoms. The van der Waals surface area contributed by atoms with Gasteiger partial charge in [-0.2, -0.15) is 0 Å². The van der Waals surface area contributed by atoms with Crippen molar-refractivity contribution in [1.29, 1.82) is 5.41 Å². The number of urea groups is 1. The number of carbonyl (C=O) groups excluding carboxylic acids is 2. The molecule has 8 nitrogen and oxygen atoms in total. The molecule has 2 rings (SSSR count). The van der Waals surface area contributed by atoms with Crippen molar-refractivity contribution >= 4 is 23.5 Å². The smallest absolute Gasteiger partial charge is 0.319 e. The van der Waals surface area contributed by atoms with Crippen molar-refractivity contribution in [3.63, 3.8) is 0 Å². The summed E-state index contributed by atoms with van der Waals surface area (Å²) in [5, 5.41) is 24.6. The van der Waals surface area contributed by atoms with Crippen LogP contribution in [0.2, 0.25) is 0 Å². The fourth-order valence-electron chi connectivity index (χ4n) is 2.48. The molecule has 0 saturated heterocycles. The van der Waals surface area contributed by atoms with E-state index < -0.39 is 23.8 Å². The predicted octanol–water partition coefficient (Wildman–Crippen LogP) is 2.04. The highest BCUT2D eigenvalue weighted by molar-refractivity contribution is 6.01. The van der Waals surface area contributed by atoms with E-state index in [4.69, 9.17) is 15.3 Å². The monoisotopic (exact) mass is 402 g/mol. The van der Waals surface area contributed by atoms with Crippen molar-refractivity contribution in [2.75, 3.05) is 19.0 Å². The van der Waals surface area contributed by atoms with Gasteiger partial charge in [0.25, 0.3) is 0 Å². The number of benzene rings is 2. The van der Waals surface area contributed by atoms with Gasteiger partial charge in [-0.25, -0.2) is 9.18 Å². The SMILES string of the molecule is COc1ccc(CC(NC(=O)Nc2ccc(F)cc2)C(=N)NC(=O)CCO)cc1. The first kappa shape index (κ1) is 21.8. The summed E-state index contributed by atoms with van der Waals surface area (Å²) in [6, 6.07) is 10.8. The molecule has 0 aliphatic heterocycles. The quantitative estimate of drug-likeness (QED) is 0.342. The molecule has 0 spiro atoms. The summed E-state index contributed by atoms with van der Waals surface area (Å²) < 4.78 is 18.1. The number of ether oxygens (including phenoxy) is 1. The van der Waals surface area contributed by atoms with E-state index in [9.17, 15) is 14.0 Å². The number of hydrogen-bond acceptors (Lipinski definition) is 5. The third-order valence-electron chi connectivity index (χ3n) is 3.97. The zero-order valence-corrected chi connectivity index (χ0v) is 15.9. The van der Waals surface area contributed by atoms with Crippen LogP contribution in [0.3, 0.4) is 0 Å². The van der Waals surface area contributed by atoms with E-state index in [-0.39, 0.29) is 25.3 Å². The first-order valence-corrected chi connectivity index (χ1v) is 8.86. The second kappa shape index (κ2) is 10.8. The highest BCUT2D eigenvalue weighted by Crippen LogP contribution is 2.13. The van der Waals surface area contributed by atoms with Crippen molar-refractivity contribution in [2.45, 2.75) is 18.9 Å². The highest BCUT2D eigenvalue weighted by atomic mass is 19.1. The Bertz CT molecular complexity index is 841. The summed E-state index contributed by atoms with van der Waals surface area (Å²) >= 11 is 0. The van der Waals surface area contributed by atoms with Gasteiger partial charge in [-0.15, -0.1) is 0 Å². The minimum absolute atomic E-state index is 0.153. The van der Waals surface area contributed by atoms with Gasteiger partial charge in [0, 0.05) is 5.69 Å². The third kappa shape index (κ3) is 7.23. The average molecular weight is 402 g/mol. The number of methoxy groups -OCH3 is 1. The molecular formula is C20H23FN4O4. The summed E-state index contributed by atoms with van der Waals surface area (Å²) in [7, 11) is 1.55.